The molecule has 0 radical (unpaired) electrons. The van der Waals surface area contributed by atoms with E-state index in [1.807, 2.05) is 11.8 Å². The minimum absolute atomic E-state index is 0.0304. The molecular formula is C12H22N2O3. The van der Waals surface area contributed by atoms with Crippen LogP contribution in [-0.2, 0) is 14.3 Å². The van der Waals surface area contributed by atoms with Crippen LogP contribution in [-0.4, -0.2) is 55.9 Å². The van der Waals surface area contributed by atoms with Crippen molar-refractivity contribution in [3.8, 4) is 0 Å². The highest BCUT2D eigenvalue weighted by Crippen LogP contribution is 2.18. The number of hydrogen-bond donors (Lipinski definition) is 1. The van der Waals surface area contributed by atoms with Gasteiger partial charge in [-0.05, 0) is 19.8 Å². The summed E-state index contributed by atoms with van der Waals surface area (Å²) < 4.78 is 10.9. The highest BCUT2D eigenvalue weighted by atomic mass is 16.5. The summed E-state index contributed by atoms with van der Waals surface area (Å²) in [6.45, 7) is 5.16. The van der Waals surface area contributed by atoms with Crippen LogP contribution in [0, 0.1) is 5.92 Å². The standard InChI is InChI=1S/C12H22N2O3/c1-9(13)11-7-14(4-6-17-11)12(15)10-3-2-5-16-8-10/h9-11H,2-8,13H2,1H3. The van der Waals surface area contributed by atoms with E-state index < -0.39 is 0 Å². The van der Waals surface area contributed by atoms with Crippen molar-refractivity contribution in [2.75, 3.05) is 32.9 Å². The van der Waals surface area contributed by atoms with Crippen LogP contribution in [0.4, 0.5) is 0 Å². The largest absolute Gasteiger partial charge is 0.381 e. The van der Waals surface area contributed by atoms with Crippen LogP contribution in [0.15, 0.2) is 0 Å². The summed E-state index contributed by atoms with van der Waals surface area (Å²) >= 11 is 0. The van der Waals surface area contributed by atoms with Crippen molar-refractivity contribution in [3.63, 3.8) is 0 Å². The number of nitrogens with zero attached hydrogens (tertiary/aromatic N) is 1. The normalized spacial score (nSPS) is 32.2. The van der Waals surface area contributed by atoms with E-state index in [4.69, 9.17) is 15.2 Å². The monoisotopic (exact) mass is 242 g/mol. The van der Waals surface area contributed by atoms with Gasteiger partial charge in [0.25, 0.3) is 0 Å². The molecule has 0 aliphatic carbocycles. The van der Waals surface area contributed by atoms with E-state index in [1.54, 1.807) is 0 Å². The summed E-state index contributed by atoms with van der Waals surface area (Å²) in [6, 6.07) is -0.0341. The molecule has 2 heterocycles. The zero-order valence-corrected chi connectivity index (χ0v) is 10.4. The van der Waals surface area contributed by atoms with Gasteiger partial charge < -0.3 is 20.1 Å². The third kappa shape index (κ3) is 3.18. The highest BCUT2D eigenvalue weighted by molar-refractivity contribution is 5.79. The summed E-state index contributed by atoms with van der Waals surface area (Å²) in [6.07, 6.45) is 1.90. The van der Waals surface area contributed by atoms with Crippen LogP contribution in [0.1, 0.15) is 19.8 Å². The maximum Gasteiger partial charge on any atom is 0.228 e. The minimum atomic E-state index is -0.0341. The van der Waals surface area contributed by atoms with Crippen molar-refractivity contribution in [3.05, 3.63) is 0 Å². The topological polar surface area (TPSA) is 64.8 Å². The number of carbonyl (C=O) groups excluding carboxylic acids is 1. The van der Waals surface area contributed by atoms with Gasteiger partial charge in [0.1, 0.15) is 0 Å². The fourth-order valence-corrected chi connectivity index (χ4v) is 2.39. The first-order valence-corrected chi connectivity index (χ1v) is 6.42. The molecule has 3 atom stereocenters. The van der Waals surface area contributed by atoms with E-state index in [-0.39, 0.29) is 24.0 Å². The lowest BCUT2D eigenvalue weighted by molar-refractivity contribution is -0.147. The highest BCUT2D eigenvalue weighted by Gasteiger charge is 2.31. The van der Waals surface area contributed by atoms with Crippen LogP contribution in [0.25, 0.3) is 0 Å². The Morgan fingerprint density at radius 2 is 2.29 bits per heavy atom. The number of hydrogen-bond acceptors (Lipinski definition) is 4. The molecular weight excluding hydrogens is 220 g/mol. The molecule has 0 aromatic rings. The molecule has 0 aromatic carbocycles. The Morgan fingerprint density at radius 1 is 1.47 bits per heavy atom. The Morgan fingerprint density at radius 3 is 2.94 bits per heavy atom. The minimum Gasteiger partial charge on any atom is -0.381 e. The van der Waals surface area contributed by atoms with Crippen LogP contribution in [0.5, 0.6) is 0 Å². The Balaban J connectivity index is 1.89. The molecule has 2 fully saturated rings. The fourth-order valence-electron chi connectivity index (χ4n) is 2.39. The second kappa shape index (κ2) is 5.80. The van der Waals surface area contributed by atoms with E-state index in [9.17, 15) is 4.79 Å². The lowest BCUT2D eigenvalue weighted by Crippen LogP contribution is -2.53. The van der Waals surface area contributed by atoms with Gasteiger partial charge in [0, 0.05) is 25.7 Å². The molecule has 0 aromatic heterocycles. The number of carbonyl (C=O) groups is 1. The van der Waals surface area contributed by atoms with Gasteiger partial charge in [0.2, 0.25) is 5.91 Å². The van der Waals surface area contributed by atoms with Crippen molar-refractivity contribution in [2.24, 2.45) is 11.7 Å². The fraction of sp³-hybridized carbons (Fsp3) is 0.917. The van der Waals surface area contributed by atoms with Crippen LogP contribution < -0.4 is 5.73 Å². The molecule has 2 saturated heterocycles. The van der Waals surface area contributed by atoms with E-state index in [0.29, 0.717) is 26.3 Å². The van der Waals surface area contributed by atoms with E-state index >= 15 is 0 Å². The smallest absolute Gasteiger partial charge is 0.228 e. The summed E-state index contributed by atoms with van der Waals surface area (Å²) in [4.78, 5) is 14.2. The van der Waals surface area contributed by atoms with Gasteiger partial charge in [-0.15, -0.1) is 0 Å². The third-order valence-electron chi connectivity index (χ3n) is 3.50. The molecule has 98 valence electrons. The summed E-state index contributed by atoms with van der Waals surface area (Å²) in [5.74, 6) is 0.245. The van der Waals surface area contributed by atoms with Crippen LogP contribution >= 0.6 is 0 Å². The second-order valence-corrected chi connectivity index (χ2v) is 4.97. The Bertz CT molecular complexity index is 264. The first-order chi connectivity index (χ1) is 8.18. The number of amides is 1. The lowest BCUT2D eigenvalue weighted by atomic mass is 10.00. The Kier molecular flexibility index (Phi) is 4.36. The first-order valence-electron chi connectivity index (χ1n) is 6.42. The van der Waals surface area contributed by atoms with Gasteiger partial charge in [-0.2, -0.15) is 0 Å². The van der Waals surface area contributed by atoms with Crippen molar-refractivity contribution >= 4 is 5.91 Å². The first kappa shape index (κ1) is 12.8. The predicted octanol–water partition coefficient (Wildman–Crippen LogP) is -0.0124. The molecule has 2 rings (SSSR count). The third-order valence-corrected chi connectivity index (χ3v) is 3.50. The molecule has 0 bridgehead atoms. The van der Waals surface area contributed by atoms with Crippen molar-refractivity contribution in [2.45, 2.75) is 31.9 Å². The number of rotatable bonds is 2. The molecule has 3 unspecified atom stereocenters. The average Bonchev–Trinajstić information content (AvgIpc) is 2.39. The van der Waals surface area contributed by atoms with E-state index in [2.05, 4.69) is 0 Å². The SMILES string of the molecule is CC(N)C1CN(C(=O)C2CCCOC2)CCO1. The summed E-state index contributed by atoms with van der Waals surface area (Å²) in [5, 5.41) is 0. The predicted molar refractivity (Wildman–Crippen MR) is 63.5 cm³/mol. The average molecular weight is 242 g/mol. The molecule has 0 spiro atoms. The van der Waals surface area contributed by atoms with Gasteiger partial charge in [-0.1, -0.05) is 0 Å². The zero-order chi connectivity index (χ0) is 12.3. The van der Waals surface area contributed by atoms with Crippen LogP contribution in [0.2, 0.25) is 0 Å². The second-order valence-electron chi connectivity index (χ2n) is 4.97. The molecule has 1 amide bonds. The summed E-state index contributed by atoms with van der Waals surface area (Å²) in [5.41, 5.74) is 5.82. The molecule has 2 aliphatic rings. The Labute approximate surface area is 102 Å². The van der Waals surface area contributed by atoms with Gasteiger partial charge >= 0.3 is 0 Å². The van der Waals surface area contributed by atoms with Crippen molar-refractivity contribution in [1.29, 1.82) is 0 Å². The maximum absolute atomic E-state index is 12.3. The van der Waals surface area contributed by atoms with Gasteiger partial charge in [-0.25, -0.2) is 0 Å². The van der Waals surface area contributed by atoms with Crippen molar-refractivity contribution < 1.29 is 14.3 Å². The van der Waals surface area contributed by atoms with E-state index in [1.165, 1.54) is 0 Å². The molecule has 5 heteroatoms. The van der Waals surface area contributed by atoms with Gasteiger partial charge in [0.05, 0.1) is 25.2 Å². The van der Waals surface area contributed by atoms with Gasteiger partial charge in [-0.3, -0.25) is 4.79 Å². The van der Waals surface area contributed by atoms with Crippen LogP contribution in [0.3, 0.4) is 0 Å². The Hall–Kier alpha value is -0.650. The zero-order valence-electron chi connectivity index (χ0n) is 10.4. The van der Waals surface area contributed by atoms with Gasteiger partial charge in [0.15, 0.2) is 0 Å². The molecule has 2 aliphatic heterocycles. The molecule has 2 N–H and O–H groups in total. The van der Waals surface area contributed by atoms with Crippen molar-refractivity contribution in [1.82, 2.24) is 4.90 Å². The maximum atomic E-state index is 12.3. The molecule has 0 saturated carbocycles. The van der Waals surface area contributed by atoms with E-state index in [0.717, 1.165) is 19.4 Å². The number of morpholine rings is 1. The number of nitrogens with two attached hydrogens (primary N) is 1. The number of ether oxygens (including phenoxy) is 2. The quantitative estimate of drug-likeness (QED) is 0.739. The summed E-state index contributed by atoms with van der Waals surface area (Å²) in [7, 11) is 0. The molecule has 17 heavy (non-hydrogen) atoms. The molecule has 5 nitrogen and oxygen atoms in total. The lowest BCUT2D eigenvalue weighted by Gasteiger charge is -2.37.